The summed E-state index contributed by atoms with van der Waals surface area (Å²) in [5.41, 5.74) is 7.36. The lowest BCUT2D eigenvalue weighted by Gasteiger charge is -2.34. The van der Waals surface area contributed by atoms with Crippen molar-refractivity contribution in [1.29, 1.82) is 0 Å². The number of carbonyl (C=O) groups is 1. The molecule has 0 saturated heterocycles. The summed E-state index contributed by atoms with van der Waals surface area (Å²) >= 11 is 0. The number of benzene rings is 1. The summed E-state index contributed by atoms with van der Waals surface area (Å²) in [6, 6.07) is 7.79. The predicted octanol–water partition coefficient (Wildman–Crippen LogP) is 3.10. The molecule has 2 atom stereocenters. The first-order valence-electron chi connectivity index (χ1n) is 7.99. The molecule has 7 heteroatoms. The lowest BCUT2D eigenvalue weighted by molar-refractivity contribution is -0.118. The second-order valence-corrected chi connectivity index (χ2v) is 7.76. The van der Waals surface area contributed by atoms with Gasteiger partial charge in [0.25, 0.3) is 0 Å². The van der Waals surface area contributed by atoms with Crippen LogP contribution in [0.2, 0.25) is 0 Å². The van der Waals surface area contributed by atoms with Crippen LogP contribution in [0, 0.1) is 0 Å². The van der Waals surface area contributed by atoms with Gasteiger partial charge < -0.3 is 20.1 Å². The number of primary amides is 1. The molecule has 1 aromatic carbocycles. The van der Waals surface area contributed by atoms with Gasteiger partial charge >= 0.3 is 7.60 Å². The molecule has 2 rings (SSSR count). The molecule has 1 aliphatic rings. The molecule has 23 heavy (non-hydrogen) atoms. The van der Waals surface area contributed by atoms with E-state index in [1.165, 1.54) is 0 Å². The highest BCUT2D eigenvalue weighted by atomic mass is 31.2. The van der Waals surface area contributed by atoms with Crippen molar-refractivity contribution >= 4 is 19.2 Å². The highest BCUT2D eigenvalue weighted by molar-refractivity contribution is 7.53. The molecule has 0 aromatic heterocycles. The second-order valence-electron chi connectivity index (χ2n) is 5.66. The van der Waals surface area contributed by atoms with Crippen molar-refractivity contribution in [3.63, 3.8) is 0 Å². The van der Waals surface area contributed by atoms with Gasteiger partial charge in [-0.05, 0) is 37.8 Å². The van der Waals surface area contributed by atoms with Crippen molar-refractivity contribution in [3.05, 3.63) is 29.8 Å². The fraction of sp³-hybridized carbons (Fsp3) is 0.562. The molecule has 6 nitrogen and oxygen atoms in total. The molecule has 0 spiro atoms. The third-order valence-electron chi connectivity index (χ3n) is 3.87. The van der Waals surface area contributed by atoms with Crippen LogP contribution in [0.1, 0.15) is 38.2 Å². The molecule has 0 aliphatic carbocycles. The summed E-state index contributed by atoms with van der Waals surface area (Å²) in [6.45, 7) is 4.29. The van der Waals surface area contributed by atoms with Crippen LogP contribution in [0.5, 0.6) is 0 Å². The van der Waals surface area contributed by atoms with Gasteiger partial charge in [-0.15, -0.1) is 0 Å². The van der Waals surface area contributed by atoms with Crippen LogP contribution in [0.15, 0.2) is 24.3 Å². The number of carbonyl (C=O) groups excluding carboxylic acids is 1. The number of amides is 1. The van der Waals surface area contributed by atoms with Gasteiger partial charge in [0.1, 0.15) is 0 Å². The van der Waals surface area contributed by atoms with Crippen molar-refractivity contribution in [2.75, 3.05) is 24.7 Å². The van der Waals surface area contributed by atoms with E-state index >= 15 is 0 Å². The minimum atomic E-state index is -3.15. The zero-order chi connectivity index (χ0) is 16.9. The van der Waals surface area contributed by atoms with Gasteiger partial charge in [0.05, 0.1) is 19.4 Å². The van der Waals surface area contributed by atoms with Crippen LogP contribution in [0.25, 0.3) is 0 Å². The monoisotopic (exact) mass is 340 g/mol. The topological polar surface area (TPSA) is 90.7 Å². The first kappa shape index (κ1) is 18.0. The molecule has 1 aromatic rings. The number of rotatable bonds is 8. The highest BCUT2D eigenvalue weighted by Crippen LogP contribution is 2.53. The Morgan fingerprint density at radius 3 is 2.57 bits per heavy atom. The summed E-state index contributed by atoms with van der Waals surface area (Å²) in [7, 11) is -3.15. The number of hydrogen-bond acceptors (Lipinski definition) is 5. The number of fused-ring (bicyclic) bond motifs is 1. The molecular formula is C16H25N2O4P. The van der Waals surface area contributed by atoms with Crippen molar-refractivity contribution in [2.45, 2.75) is 38.6 Å². The maximum atomic E-state index is 12.9. The summed E-state index contributed by atoms with van der Waals surface area (Å²) in [6.07, 6.45) is 1.23. The third kappa shape index (κ3) is 4.80. The van der Waals surface area contributed by atoms with Crippen molar-refractivity contribution in [2.24, 2.45) is 5.73 Å². The molecule has 0 radical (unpaired) electrons. The smallest absolute Gasteiger partial charge is 0.331 e. The lowest BCUT2D eigenvalue weighted by atomic mass is 9.87. The second kappa shape index (κ2) is 7.95. The third-order valence-corrected chi connectivity index (χ3v) is 6.06. The first-order valence-corrected chi connectivity index (χ1v) is 9.72. The molecule has 128 valence electrons. The zero-order valence-corrected chi connectivity index (χ0v) is 14.6. The molecule has 0 bridgehead atoms. The molecule has 3 N–H and O–H groups in total. The van der Waals surface area contributed by atoms with Gasteiger partial charge in [-0.1, -0.05) is 18.2 Å². The van der Waals surface area contributed by atoms with Gasteiger partial charge in [0, 0.05) is 18.2 Å². The Balaban J connectivity index is 2.24. The number of para-hydroxylation sites is 1. The van der Waals surface area contributed by atoms with Gasteiger partial charge in [-0.3, -0.25) is 9.36 Å². The highest BCUT2D eigenvalue weighted by Gasteiger charge is 2.34. The van der Waals surface area contributed by atoms with E-state index in [1.807, 2.05) is 24.3 Å². The Morgan fingerprint density at radius 2 is 1.96 bits per heavy atom. The number of anilines is 1. The van der Waals surface area contributed by atoms with Crippen LogP contribution in [0.3, 0.4) is 0 Å². The Labute approximate surface area is 137 Å². The average Bonchev–Trinajstić information content (AvgIpc) is 2.47. The summed E-state index contributed by atoms with van der Waals surface area (Å²) < 4.78 is 23.7. The van der Waals surface area contributed by atoms with E-state index in [2.05, 4.69) is 5.32 Å². The standard InChI is InChI=1S/C16H25N2O4P/c1-3-21-23(20,22-4-2)11-12-9-13(10-16(17)19)18-15-8-6-5-7-14(12)15/h5-8,12-13,18H,3-4,9-11H2,1-2H3,(H2,17,19)/t12-,13+/m0/s1. The van der Waals surface area contributed by atoms with Crippen LogP contribution in [-0.2, 0) is 18.4 Å². The van der Waals surface area contributed by atoms with Crippen LogP contribution < -0.4 is 11.1 Å². The van der Waals surface area contributed by atoms with Gasteiger partial charge in [-0.25, -0.2) is 0 Å². The SMILES string of the molecule is CCOP(=O)(C[C@@H]1C[C@H](CC(N)=O)Nc2ccccc21)OCC. The Bertz CT molecular complexity index is 583. The van der Waals surface area contributed by atoms with E-state index in [0.29, 0.717) is 25.8 Å². The van der Waals surface area contributed by atoms with E-state index in [9.17, 15) is 9.36 Å². The van der Waals surface area contributed by atoms with E-state index < -0.39 is 7.60 Å². The number of nitrogens with two attached hydrogens (primary N) is 1. The maximum Gasteiger partial charge on any atom is 0.331 e. The Kier molecular flexibility index (Phi) is 6.22. The van der Waals surface area contributed by atoms with E-state index in [1.54, 1.807) is 13.8 Å². The van der Waals surface area contributed by atoms with Gasteiger partial charge in [0.2, 0.25) is 5.91 Å². The van der Waals surface area contributed by atoms with Gasteiger partial charge in [0.15, 0.2) is 0 Å². The van der Waals surface area contributed by atoms with E-state index in [0.717, 1.165) is 11.3 Å². The molecule has 0 fully saturated rings. The van der Waals surface area contributed by atoms with Gasteiger partial charge in [-0.2, -0.15) is 0 Å². The minimum absolute atomic E-state index is 0.000679. The predicted molar refractivity (Wildman–Crippen MR) is 90.7 cm³/mol. The first-order chi connectivity index (χ1) is 11.0. The summed E-state index contributed by atoms with van der Waals surface area (Å²) in [5, 5.41) is 3.34. The molecule has 1 heterocycles. The Hall–Kier alpha value is -1.36. The van der Waals surface area contributed by atoms with Crippen LogP contribution in [0.4, 0.5) is 5.69 Å². The quantitative estimate of drug-likeness (QED) is 0.710. The van der Waals surface area contributed by atoms with Crippen molar-refractivity contribution < 1.29 is 18.4 Å². The number of hydrogen-bond donors (Lipinski definition) is 2. The maximum absolute atomic E-state index is 12.9. The molecular weight excluding hydrogens is 315 g/mol. The number of nitrogens with one attached hydrogen (secondary N) is 1. The van der Waals surface area contributed by atoms with Crippen LogP contribution >= 0.6 is 7.60 Å². The largest absolute Gasteiger partial charge is 0.382 e. The average molecular weight is 340 g/mol. The molecule has 1 amide bonds. The lowest BCUT2D eigenvalue weighted by Crippen LogP contribution is -2.33. The minimum Gasteiger partial charge on any atom is -0.382 e. The summed E-state index contributed by atoms with van der Waals surface area (Å²) in [4.78, 5) is 11.3. The van der Waals surface area contributed by atoms with Crippen molar-refractivity contribution in [3.8, 4) is 0 Å². The fourth-order valence-corrected chi connectivity index (χ4v) is 5.05. The summed E-state index contributed by atoms with van der Waals surface area (Å²) in [5.74, 6) is -0.348. The van der Waals surface area contributed by atoms with Crippen LogP contribution in [-0.4, -0.2) is 31.3 Å². The van der Waals surface area contributed by atoms with Crippen molar-refractivity contribution in [1.82, 2.24) is 0 Å². The fourth-order valence-electron chi connectivity index (χ4n) is 3.09. The molecule has 1 aliphatic heterocycles. The molecule has 0 unspecified atom stereocenters. The molecule has 0 saturated carbocycles. The Morgan fingerprint density at radius 1 is 1.30 bits per heavy atom. The van der Waals surface area contributed by atoms with E-state index in [-0.39, 0.29) is 24.3 Å². The zero-order valence-electron chi connectivity index (χ0n) is 13.7. The normalized spacial score (nSPS) is 20.6. The van der Waals surface area contributed by atoms with E-state index in [4.69, 9.17) is 14.8 Å².